The molecule has 0 aromatic carbocycles. The number of rotatable bonds is 4. The lowest BCUT2D eigenvalue weighted by atomic mass is 9.94. The Morgan fingerprint density at radius 2 is 2.17 bits per heavy atom. The standard InChI is InChI=1S/C13H21N3O2/c1-16(10-13(17)4-6-18-7-5-13)12-3-2-11(8-14)15-9-12/h2-3,9,17H,4-8,10,14H2,1H3. The summed E-state index contributed by atoms with van der Waals surface area (Å²) in [6.45, 7) is 2.31. The highest BCUT2D eigenvalue weighted by molar-refractivity contribution is 5.44. The number of nitrogens with zero attached hydrogens (tertiary/aromatic N) is 2. The van der Waals surface area contributed by atoms with Gasteiger partial charge in [0.1, 0.15) is 0 Å². The maximum Gasteiger partial charge on any atom is 0.0865 e. The average Bonchev–Trinajstić information content (AvgIpc) is 2.39. The number of likely N-dealkylation sites (N-methyl/N-ethyl adjacent to an activating group) is 1. The van der Waals surface area contributed by atoms with E-state index in [4.69, 9.17) is 10.5 Å². The highest BCUT2D eigenvalue weighted by Crippen LogP contribution is 2.23. The molecule has 100 valence electrons. The predicted molar refractivity (Wildman–Crippen MR) is 70.4 cm³/mol. The fourth-order valence-electron chi connectivity index (χ4n) is 2.21. The molecule has 5 nitrogen and oxygen atoms in total. The topological polar surface area (TPSA) is 71.6 Å². The summed E-state index contributed by atoms with van der Waals surface area (Å²) in [4.78, 5) is 6.29. The third-order valence-electron chi connectivity index (χ3n) is 3.41. The molecule has 18 heavy (non-hydrogen) atoms. The van der Waals surface area contributed by atoms with E-state index >= 15 is 0 Å². The summed E-state index contributed by atoms with van der Waals surface area (Å²) in [6, 6.07) is 3.90. The number of nitrogens with two attached hydrogens (primary N) is 1. The zero-order valence-corrected chi connectivity index (χ0v) is 10.8. The molecule has 1 saturated heterocycles. The van der Waals surface area contributed by atoms with Crippen LogP contribution in [-0.4, -0.2) is 42.5 Å². The van der Waals surface area contributed by atoms with Crippen LogP contribution in [0.4, 0.5) is 5.69 Å². The molecule has 1 aromatic rings. The minimum atomic E-state index is -0.653. The van der Waals surface area contributed by atoms with Gasteiger partial charge < -0.3 is 20.5 Å². The molecule has 2 heterocycles. The highest BCUT2D eigenvalue weighted by atomic mass is 16.5. The van der Waals surface area contributed by atoms with Gasteiger partial charge in [-0.15, -0.1) is 0 Å². The normalized spacial score (nSPS) is 18.6. The molecule has 0 radical (unpaired) electrons. The van der Waals surface area contributed by atoms with E-state index in [-0.39, 0.29) is 0 Å². The maximum absolute atomic E-state index is 10.4. The van der Waals surface area contributed by atoms with Gasteiger partial charge in [-0.05, 0) is 12.1 Å². The lowest BCUT2D eigenvalue weighted by Gasteiger charge is -2.36. The quantitative estimate of drug-likeness (QED) is 0.816. The van der Waals surface area contributed by atoms with E-state index in [1.54, 1.807) is 6.20 Å². The monoisotopic (exact) mass is 251 g/mol. The minimum Gasteiger partial charge on any atom is -0.388 e. The number of hydrogen-bond acceptors (Lipinski definition) is 5. The smallest absolute Gasteiger partial charge is 0.0865 e. The van der Waals surface area contributed by atoms with Gasteiger partial charge in [0.05, 0.1) is 23.2 Å². The number of aromatic nitrogens is 1. The van der Waals surface area contributed by atoms with Crippen molar-refractivity contribution in [2.75, 3.05) is 31.7 Å². The summed E-state index contributed by atoms with van der Waals surface area (Å²) in [6.07, 6.45) is 3.17. The number of anilines is 1. The van der Waals surface area contributed by atoms with Crippen molar-refractivity contribution in [1.82, 2.24) is 4.98 Å². The summed E-state index contributed by atoms with van der Waals surface area (Å²) >= 11 is 0. The molecular formula is C13H21N3O2. The minimum absolute atomic E-state index is 0.450. The van der Waals surface area contributed by atoms with Crippen LogP contribution in [-0.2, 0) is 11.3 Å². The molecule has 5 heteroatoms. The van der Waals surface area contributed by atoms with Gasteiger partial charge in [-0.1, -0.05) is 0 Å². The second-order valence-electron chi connectivity index (χ2n) is 4.90. The van der Waals surface area contributed by atoms with Crippen LogP contribution in [0.3, 0.4) is 0 Å². The zero-order valence-electron chi connectivity index (χ0n) is 10.8. The van der Waals surface area contributed by atoms with Crippen molar-refractivity contribution in [1.29, 1.82) is 0 Å². The van der Waals surface area contributed by atoms with Crippen LogP contribution in [0.2, 0.25) is 0 Å². The van der Waals surface area contributed by atoms with Crippen molar-refractivity contribution < 1.29 is 9.84 Å². The maximum atomic E-state index is 10.4. The first-order chi connectivity index (χ1) is 8.63. The second kappa shape index (κ2) is 5.65. The molecule has 0 bridgehead atoms. The lowest BCUT2D eigenvalue weighted by molar-refractivity contribution is -0.0572. The molecule has 0 saturated carbocycles. The average molecular weight is 251 g/mol. The number of hydrogen-bond donors (Lipinski definition) is 2. The van der Waals surface area contributed by atoms with Crippen molar-refractivity contribution in [3.8, 4) is 0 Å². The second-order valence-corrected chi connectivity index (χ2v) is 4.90. The Labute approximate surface area is 108 Å². The molecular weight excluding hydrogens is 230 g/mol. The van der Waals surface area contributed by atoms with Crippen LogP contribution in [0.5, 0.6) is 0 Å². The summed E-state index contributed by atoms with van der Waals surface area (Å²) in [5, 5.41) is 10.4. The fraction of sp³-hybridized carbons (Fsp3) is 0.615. The summed E-state index contributed by atoms with van der Waals surface area (Å²) in [7, 11) is 1.96. The molecule has 0 amide bonds. The fourth-order valence-corrected chi connectivity index (χ4v) is 2.21. The summed E-state index contributed by atoms with van der Waals surface area (Å²) in [5.41, 5.74) is 6.73. The third kappa shape index (κ3) is 3.19. The summed E-state index contributed by atoms with van der Waals surface area (Å²) in [5.74, 6) is 0. The first kappa shape index (κ1) is 13.3. The van der Waals surface area contributed by atoms with Gasteiger partial charge in [-0.3, -0.25) is 4.98 Å². The van der Waals surface area contributed by atoms with Crippen molar-refractivity contribution in [2.24, 2.45) is 5.73 Å². The van der Waals surface area contributed by atoms with Crippen LogP contribution in [0.15, 0.2) is 18.3 Å². The first-order valence-corrected chi connectivity index (χ1v) is 6.29. The SMILES string of the molecule is CN(CC1(O)CCOCC1)c1ccc(CN)nc1. The Balaban J connectivity index is 1.99. The summed E-state index contributed by atoms with van der Waals surface area (Å²) < 4.78 is 5.28. The van der Waals surface area contributed by atoms with Crippen LogP contribution >= 0.6 is 0 Å². The Bertz CT molecular complexity index is 374. The third-order valence-corrected chi connectivity index (χ3v) is 3.41. The van der Waals surface area contributed by atoms with Gasteiger partial charge >= 0.3 is 0 Å². The number of ether oxygens (including phenoxy) is 1. The Morgan fingerprint density at radius 3 is 2.72 bits per heavy atom. The van der Waals surface area contributed by atoms with Gasteiger partial charge in [0.2, 0.25) is 0 Å². The van der Waals surface area contributed by atoms with E-state index in [1.165, 1.54) is 0 Å². The molecule has 2 rings (SSSR count). The van der Waals surface area contributed by atoms with Gasteiger partial charge in [0.25, 0.3) is 0 Å². The van der Waals surface area contributed by atoms with E-state index in [1.807, 2.05) is 24.1 Å². The number of aliphatic hydroxyl groups is 1. The van der Waals surface area contributed by atoms with E-state index in [0.717, 1.165) is 11.4 Å². The Kier molecular flexibility index (Phi) is 4.16. The predicted octanol–water partition coefficient (Wildman–Crippen LogP) is 0.518. The Morgan fingerprint density at radius 1 is 1.44 bits per heavy atom. The number of pyridine rings is 1. The van der Waals surface area contributed by atoms with E-state index < -0.39 is 5.60 Å². The first-order valence-electron chi connectivity index (χ1n) is 6.29. The van der Waals surface area contributed by atoms with Crippen LogP contribution in [0.25, 0.3) is 0 Å². The van der Waals surface area contributed by atoms with Gasteiger partial charge in [0, 0.05) is 46.2 Å². The van der Waals surface area contributed by atoms with Crippen molar-refractivity contribution in [3.63, 3.8) is 0 Å². The van der Waals surface area contributed by atoms with Crippen molar-refractivity contribution in [2.45, 2.75) is 25.0 Å². The van der Waals surface area contributed by atoms with Crippen LogP contribution in [0, 0.1) is 0 Å². The molecule has 1 aromatic heterocycles. The molecule has 1 fully saturated rings. The van der Waals surface area contributed by atoms with Gasteiger partial charge in [-0.2, -0.15) is 0 Å². The molecule has 0 aliphatic carbocycles. The molecule has 1 aliphatic heterocycles. The Hall–Kier alpha value is -1.17. The highest BCUT2D eigenvalue weighted by Gasteiger charge is 2.31. The van der Waals surface area contributed by atoms with Crippen molar-refractivity contribution in [3.05, 3.63) is 24.0 Å². The van der Waals surface area contributed by atoms with E-state index in [9.17, 15) is 5.11 Å². The van der Waals surface area contributed by atoms with Crippen molar-refractivity contribution >= 4 is 5.69 Å². The zero-order chi connectivity index (χ0) is 13.0. The van der Waals surface area contributed by atoms with Crippen LogP contribution < -0.4 is 10.6 Å². The van der Waals surface area contributed by atoms with Gasteiger partial charge in [-0.25, -0.2) is 0 Å². The van der Waals surface area contributed by atoms with Gasteiger partial charge in [0.15, 0.2) is 0 Å². The lowest BCUT2D eigenvalue weighted by Crippen LogP contribution is -2.45. The molecule has 0 spiro atoms. The molecule has 1 aliphatic rings. The molecule has 3 N–H and O–H groups in total. The van der Waals surface area contributed by atoms with E-state index in [0.29, 0.717) is 39.1 Å². The molecule has 0 unspecified atom stereocenters. The van der Waals surface area contributed by atoms with Crippen LogP contribution in [0.1, 0.15) is 18.5 Å². The van der Waals surface area contributed by atoms with E-state index in [2.05, 4.69) is 4.98 Å². The molecule has 0 atom stereocenters. The largest absolute Gasteiger partial charge is 0.388 e.